The first-order valence-corrected chi connectivity index (χ1v) is 13.9. The zero-order valence-electron chi connectivity index (χ0n) is 22.7. The van der Waals surface area contributed by atoms with Crippen LogP contribution in [0.25, 0.3) is 0 Å². The number of hydrogen-bond donors (Lipinski definition) is 3. The maximum Gasteiger partial charge on any atom is 0.148 e. The van der Waals surface area contributed by atoms with E-state index in [0.717, 1.165) is 16.9 Å². The van der Waals surface area contributed by atoms with E-state index >= 15 is 0 Å². The normalized spacial score (nSPS) is 17.6. The van der Waals surface area contributed by atoms with E-state index in [9.17, 15) is 9.90 Å². The van der Waals surface area contributed by atoms with Gasteiger partial charge in [-0.15, -0.1) is 11.8 Å². The molecule has 2 rings (SSSR count). The minimum atomic E-state index is -1.03. The van der Waals surface area contributed by atoms with E-state index in [4.69, 9.17) is 22.1 Å². The Labute approximate surface area is 227 Å². The molecule has 2 aromatic rings. The van der Waals surface area contributed by atoms with Crippen molar-refractivity contribution in [2.24, 2.45) is 11.8 Å². The Morgan fingerprint density at radius 3 is 2.22 bits per heavy atom. The fourth-order valence-electron chi connectivity index (χ4n) is 4.51. The number of likely N-dealkylation sites (N-methyl/N-ethyl adjacent to an activating group) is 1. The Hall–Kier alpha value is -1.51. The predicted molar refractivity (Wildman–Crippen MR) is 154 cm³/mol. The monoisotopic (exact) mass is 533 g/mol. The molecule has 200 valence electrons. The molecule has 4 unspecified atom stereocenters. The first-order chi connectivity index (χ1) is 17.0. The Kier molecular flexibility index (Phi) is 11.8. The van der Waals surface area contributed by atoms with Crippen molar-refractivity contribution in [3.05, 3.63) is 65.7 Å². The van der Waals surface area contributed by atoms with Crippen molar-refractivity contribution in [3.63, 3.8) is 0 Å². The Morgan fingerprint density at radius 2 is 1.72 bits per heavy atom. The summed E-state index contributed by atoms with van der Waals surface area (Å²) < 4.78 is 10.3. The zero-order valence-corrected chi connectivity index (χ0v) is 24.4. The van der Waals surface area contributed by atoms with Crippen molar-refractivity contribution in [2.75, 3.05) is 20.8 Å². The lowest BCUT2D eigenvalue weighted by Crippen LogP contribution is -2.55. The van der Waals surface area contributed by atoms with Crippen molar-refractivity contribution < 1.29 is 19.4 Å². The van der Waals surface area contributed by atoms with E-state index in [1.807, 2.05) is 75.5 Å². The number of ether oxygens (including phenoxy) is 2. The summed E-state index contributed by atoms with van der Waals surface area (Å²) in [5, 5.41) is 14.8. The van der Waals surface area contributed by atoms with Crippen LogP contribution in [0.2, 0.25) is 0 Å². The summed E-state index contributed by atoms with van der Waals surface area (Å²) in [7, 11) is 3.48. The van der Waals surface area contributed by atoms with Gasteiger partial charge in [0.15, 0.2) is 0 Å². The topological polar surface area (TPSA) is 67.8 Å². The second-order valence-electron chi connectivity index (χ2n) is 10.1. The van der Waals surface area contributed by atoms with E-state index in [-0.39, 0.29) is 34.8 Å². The molecule has 0 bridgehead atoms. The Bertz CT molecular complexity index is 936. The van der Waals surface area contributed by atoms with Crippen LogP contribution in [0, 0.1) is 11.8 Å². The molecule has 2 aromatic carbocycles. The first-order valence-electron chi connectivity index (χ1n) is 12.5. The molecule has 0 saturated heterocycles. The molecule has 0 aromatic heterocycles. The van der Waals surface area contributed by atoms with Gasteiger partial charge in [-0.05, 0) is 69.3 Å². The highest BCUT2D eigenvalue weighted by Gasteiger charge is 2.47. The number of thioether (sulfide) groups is 1. The van der Waals surface area contributed by atoms with Crippen molar-refractivity contribution in [1.29, 1.82) is 0 Å². The predicted octanol–water partition coefficient (Wildman–Crippen LogP) is 5.92. The SMILES string of the molecule is CNC(C)C(C)(O)[C@H](CC(COCc1ccccc1)(SC(S)c1ccc(OC)cc1)C(C)=O)C(C)C. The van der Waals surface area contributed by atoms with E-state index < -0.39 is 10.3 Å². The highest BCUT2D eigenvalue weighted by molar-refractivity contribution is 8.11. The molecule has 7 heteroatoms. The molecule has 0 spiro atoms. The van der Waals surface area contributed by atoms with E-state index in [1.54, 1.807) is 14.0 Å². The number of carbonyl (C=O) groups excluding carboxylic acids is 1. The van der Waals surface area contributed by atoms with Crippen molar-refractivity contribution in [3.8, 4) is 5.75 Å². The van der Waals surface area contributed by atoms with Gasteiger partial charge in [-0.2, -0.15) is 12.6 Å². The van der Waals surface area contributed by atoms with Crippen LogP contribution >= 0.6 is 24.4 Å². The van der Waals surface area contributed by atoms with Crippen LogP contribution in [0.3, 0.4) is 0 Å². The molecule has 5 atom stereocenters. The average molecular weight is 534 g/mol. The number of carbonyl (C=O) groups is 1. The first kappa shape index (κ1) is 30.7. The highest BCUT2D eigenvalue weighted by Crippen LogP contribution is 2.48. The van der Waals surface area contributed by atoms with Gasteiger partial charge in [-0.25, -0.2) is 0 Å². The summed E-state index contributed by atoms with van der Waals surface area (Å²) in [6.45, 7) is 10.3. The number of methoxy groups -OCH3 is 1. The average Bonchev–Trinajstić information content (AvgIpc) is 2.86. The molecule has 0 aliphatic carbocycles. The van der Waals surface area contributed by atoms with Gasteiger partial charge >= 0.3 is 0 Å². The summed E-state index contributed by atoms with van der Waals surface area (Å²) >= 11 is 6.41. The molecular weight excluding hydrogens is 490 g/mol. The summed E-state index contributed by atoms with van der Waals surface area (Å²) in [6.07, 6.45) is 0.464. The molecule has 0 amide bonds. The number of nitrogens with one attached hydrogen (secondary N) is 1. The lowest BCUT2D eigenvalue weighted by molar-refractivity contribution is -0.123. The maximum absolute atomic E-state index is 13.4. The minimum Gasteiger partial charge on any atom is -0.497 e. The molecule has 0 radical (unpaired) electrons. The number of hydrogen-bond acceptors (Lipinski definition) is 7. The van der Waals surface area contributed by atoms with Gasteiger partial charge in [-0.1, -0.05) is 56.3 Å². The van der Waals surface area contributed by atoms with Crippen LogP contribution in [0.15, 0.2) is 54.6 Å². The number of rotatable bonds is 15. The molecule has 0 saturated carbocycles. The molecule has 0 aliphatic rings. The van der Waals surface area contributed by atoms with Gasteiger partial charge in [0.2, 0.25) is 0 Å². The van der Waals surface area contributed by atoms with E-state index in [2.05, 4.69) is 19.2 Å². The molecule has 5 nitrogen and oxygen atoms in total. The highest BCUT2D eigenvalue weighted by atomic mass is 32.2. The Morgan fingerprint density at radius 1 is 1.11 bits per heavy atom. The molecule has 2 N–H and O–H groups in total. The third-order valence-electron chi connectivity index (χ3n) is 7.24. The van der Waals surface area contributed by atoms with Gasteiger partial charge in [0.25, 0.3) is 0 Å². The number of thiol groups is 1. The third-order valence-corrected chi connectivity index (χ3v) is 9.37. The van der Waals surface area contributed by atoms with E-state index in [1.165, 1.54) is 11.8 Å². The number of benzene rings is 2. The van der Waals surface area contributed by atoms with Crippen LogP contribution in [-0.4, -0.2) is 48.0 Å². The fraction of sp³-hybridized carbons (Fsp3) is 0.552. The standard InChI is InChI=1S/C29H43NO4S2/c1-20(2)26(28(5,32)21(3)30-6)17-29(22(4)31,19-34-18-23-11-9-8-10-12-23)36-27(35)24-13-15-25(33-7)16-14-24/h8-16,20-21,26-27,30,32,35H,17-19H2,1-7H3/t21?,26-,27?,28?,29?/m1/s1. The molecular formula is C29H43NO4S2. The van der Waals surface area contributed by atoms with Gasteiger partial charge in [-0.3, -0.25) is 4.79 Å². The second-order valence-corrected chi connectivity index (χ2v) is 12.4. The van der Waals surface area contributed by atoms with Crippen molar-refractivity contribution in [2.45, 2.75) is 68.6 Å². The second kappa shape index (κ2) is 13.9. The summed E-state index contributed by atoms with van der Waals surface area (Å²) in [5.41, 5.74) is 0.999. The van der Waals surface area contributed by atoms with Gasteiger partial charge in [0.1, 0.15) is 11.5 Å². The molecule has 0 aliphatic heterocycles. The van der Waals surface area contributed by atoms with Crippen LogP contribution in [0.1, 0.15) is 56.7 Å². The summed E-state index contributed by atoms with van der Waals surface area (Å²) in [6, 6.07) is 17.5. The minimum absolute atomic E-state index is 0.0201. The fourth-order valence-corrected chi connectivity index (χ4v) is 6.60. The third kappa shape index (κ3) is 7.99. The van der Waals surface area contributed by atoms with Crippen LogP contribution in [0.4, 0.5) is 0 Å². The summed E-state index contributed by atoms with van der Waals surface area (Å²) in [5.74, 6) is 0.772. The number of ketones is 1. The summed E-state index contributed by atoms with van der Waals surface area (Å²) in [4.78, 5) is 13.4. The van der Waals surface area contributed by atoms with Crippen molar-refractivity contribution in [1.82, 2.24) is 5.32 Å². The Balaban J connectivity index is 2.41. The number of Topliss-reactive ketones (excluding diaryl/α,β-unsaturated/α-hetero) is 1. The lowest BCUT2D eigenvalue weighted by atomic mass is 9.71. The molecule has 36 heavy (non-hydrogen) atoms. The largest absolute Gasteiger partial charge is 0.497 e. The quantitative estimate of drug-likeness (QED) is 0.195. The van der Waals surface area contributed by atoms with Gasteiger partial charge in [0, 0.05) is 6.04 Å². The zero-order chi connectivity index (χ0) is 26.9. The van der Waals surface area contributed by atoms with Crippen LogP contribution in [0.5, 0.6) is 5.75 Å². The van der Waals surface area contributed by atoms with Crippen LogP contribution < -0.4 is 10.1 Å². The maximum atomic E-state index is 13.4. The number of aliphatic hydroxyl groups is 1. The van der Waals surface area contributed by atoms with Crippen LogP contribution in [-0.2, 0) is 16.1 Å². The lowest BCUT2D eigenvalue weighted by Gasteiger charge is -2.45. The molecule has 0 heterocycles. The van der Waals surface area contributed by atoms with Gasteiger partial charge in [0.05, 0.1) is 35.3 Å². The molecule has 0 fully saturated rings. The van der Waals surface area contributed by atoms with Crippen molar-refractivity contribution >= 4 is 30.2 Å². The van der Waals surface area contributed by atoms with E-state index in [0.29, 0.717) is 13.0 Å². The smallest absolute Gasteiger partial charge is 0.148 e. The van der Waals surface area contributed by atoms with Gasteiger partial charge < -0.3 is 19.9 Å².